The van der Waals surface area contributed by atoms with Crippen molar-refractivity contribution in [2.45, 2.75) is 31.4 Å². The number of nitrogens with one attached hydrogen (secondary N) is 2. The van der Waals surface area contributed by atoms with Crippen LogP contribution in [0.3, 0.4) is 0 Å². The smallest absolute Gasteiger partial charge is 0.326 e. The van der Waals surface area contributed by atoms with Crippen LogP contribution < -0.4 is 5.32 Å². The lowest BCUT2D eigenvalue weighted by molar-refractivity contribution is -0.143. The normalized spacial score (nSPS) is 20.6. The minimum absolute atomic E-state index is 0.174. The molecule has 2 unspecified atom stereocenters. The second kappa shape index (κ2) is 5.63. The first-order valence-corrected chi connectivity index (χ1v) is 5.79. The van der Waals surface area contributed by atoms with E-state index in [1.54, 1.807) is 0 Å². The van der Waals surface area contributed by atoms with Gasteiger partial charge in [-0.3, -0.25) is 4.79 Å². The second-order valence-corrected chi connectivity index (χ2v) is 4.18. The van der Waals surface area contributed by atoms with Crippen LogP contribution in [-0.4, -0.2) is 45.7 Å². The summed E-state index contributed by atoms with van der Waals surface area (Å²) in [4.78, 5) is 29.5. The Hall–Kier alpha value is -1.89. The van der Waals surface area contributed by atoms with Gasteiger partial charge in [-0.1, -0.05) is 0 Å². The van der Waals surface area contributed by atoms with Crippen LogP contribution in [0.25, 0.3) is 0 Å². The number of nitrogens with zero attached hydrogens (tertiary/aromatic N) is 1. The summed E-state index contributed by atoms with van der Waals surface area (Å²) < 4.78 is 5.21. The van der Waals surface area contributed by atoms with Crippen LogP contribution in [-0.2, 0) is 20.7 Å². The lowest BCUT2D eigenvalue weighted by Gasteiger charge is -2.16. The number of carboxylic acid groups (broad SMARTS) is 1. The highest BCUT2D eigenvalue weighted by Gasteiger charge is 2.28. The number of H-pyrrole nitrogens is 1. The SMILES string of the molecule is O=C(O)C(Cc1cnc[nH]1)NC(=O)C1CCCO1. The number of rotatable bonds is 5. The molecular formula is C11H15N3O4. The fraction of sp³-hybridized carbons (Fsp3) is 0.545. The van der Waals surface area contributed by atoms with Crippen LogP contribution in [0.4, 0.5) is 0 Å². The summed E-state index contributed by atoms with van der Waals surface area (Å²) in [5, 5.41) is 11.6. The zero-order valence-electron chi connectivity index (χ0n) is 9.76. The average Bonchev–Trinajstić information content (AvgIpc) is 3.00. The highest BCUT2D eigenvalue weighted by atomic mass is 16.5. The first kappa shape index (κ1) is 12.6. The predicted molar refractivity (Wildman–Crippen MR) is 60.8 cm³/mol. The minimum atomic E-state index is -1.07. The fourth-order valence-electron chi connectivity index (χ4n) is 1.87. The summed E-state index contributed by atoms with van der Waals surface area (Å²) in [5.41, 5.74) is 0.662. The first-order valence-electron chi connectivity index (χ1n) is 5.79. The Morgan fingerprint density at radius 1 is 1.67 bits per heavy atom. The molecule has 0 spiro atoms. The zero-order valence-corrected chi connectivity index (χ0v) is 9.76. The highest BCUT2D eigenvalue weighted by molar-refractivity contribution is 5.86. The van der Waals surface area contributed by atoms with Gasteiger partial charge in [-0.2, -0.15) is 0 Å². The van der Waals surface area contributed by atoms with Gasteiger partial charge in [-0.15, -0.1) is 0 Å². The molecule has 3 N–H and O–H groups in total. The van der Waals surface area contributed by atoms with Crippen molar-refractivity contribution >= 4 is 11.9 Å². The van der Waals surface area contributed by atoms with Gasteiger partial charge in [0, 0.05) is 24.9 Å². The average molecular weight is 253 g/mol. The van der Waals surface area contributed by atoms with Crippen LogP contribution in [0.15, 0.2) is 12.5 Å². The number of aromatic nitrogens is 2. The maximum absolute atomic E-state index is 11.8. The lowest BCUT2D eigenvalue weighted by Crippen LogP contribution is -2.46. The van der Waals surface area contributed by atoms with Gasteiger partial charge in [0.25, 0.3) is 0 Å². The molecule has 1 aliphatic heterocycles. The van der Waals surface area contributed by atoms with E-state index in [1.807, 2.05) is 0 Å². The van der Waals surface area contributed by atoms with Gasteiger partial charge in [0.1, 0.15) is 12.1 Å². The number of aliphatic carboxylic acids is 1. The maximum Gasteiger partial charge on any atom is 0.326 e. The standard InChI is InChI=1S/C11H15N3O4/c15-10(9-2-1-3-18-9)14-8(11(16)17)4-7-5-12-6-13-7/h5-6,8-9H,1-4H2,(H,12,13)(H,14,15)(H,16,17). The molecule has 1 aromatic heterocycles. The number of ether oxygens (including phenoxy) is 1. The maximum atomic E-state index is 11.8. The van der Waals surface area contributed by atoms with E-state index in [1.165, 1.54) is 12.5 Å². The number of aromatic amines is 1. The lowest BCUT2D eigenvalue weighted by atomic mass is 10.1. The Morgan fingerprint density at radius 2 is 2.50 bits per heavy atom. The van der Waals surface area contributed by atoms with Gasteiger partial charge in [0.2, 0.25) is 5.91 Å². The van der Waals surface area contributed by atoms with Gasteiger partial charge >= 0.3 is 5.97 Å². The predicted octanol–water partition coefficient (Wildman–Crippen LogP) is -0.299. The second-order valence-electron chi connectivity index (χ2n) is 4.18. The largest absolute Gasteiger partial charge is 0.480 e. The van der Waals surface area contributed by atoms with Crippen molar-refractivity contribution in [2.24, 2.45) is 0 Å². The number of imidazole rings is 1. The van der Waals surface area contributed by atoms with Gasteiger partial charge in [0.15, 0.2) is 0 Å². The number of carbonyl (C=O) groups excluding carboxylic acids is 1. The first-order chi connectivity index (χ1) is 8.66. The van der Waals surface area contributed by atoms with Crippen LogP contribution in [0.2, 0.25) is 0 Å². The van der Waals surface area contributed by atoms with E-state index in [0.29, 0.717) is 18.7 Å². The Kier molecular flexibility index (Phi) is 3.93. The van der Waals surface area contributed by atoms with E-state index in [0.717, 1.165) is 6.42 Å². The highest BCUT2D eigenvalue weighted by Crippen LogP contribution is 2.12. The number of amides is 1. The number of carboxylic acids is 1. The number of carbonyl (C=O) groups is 2. The monoisotopic (exact) mass is 253 g/mol. The molecule has 18 heavy (non-hydrogen) atoms. The molecule has 1 saturated heterocycles. The van der Waals surface area contributed by atoms with Crippen molar-refractivity contribution in [3.05, 3.63) is 18.2 Å². The summed E-state index contributed by atoms with van der Waals surface area (Å²) in [6, 6.07) is -0.970. The summed E-state index contributed by atoms with van der Waals surface area (Å²) in [5.74, 6) is -1.43. The van der Waals surface area contributed by atoms with Crippen LogP contribution in [0.5, 0.6) is 0 Å². The number of hydrogen-bond donors (Lipinski definition) is 3. The molecule has 7 nitrogen and oxygen atoms in total. The minimum Gasteiger partial charge on any atom is -0.480 e. The van der Waals surface area contributed by atoms with Crippen LogP contribution in [0.1, 0.15) is 18.5 Å². The van der Waals surface area contributed by atoms with E-state index in [2.05, 4.69) is 15.3 Å². The molecule has 1 fully saturated rings. The fourth-order valence-corrected chi connectivity index (χ4v) is 1.87. The van der Waals surface area contributed by atoms with Gasteiger partial charge in [-0.05, 0) is 12.8 Å². The van der Waals surface area contributed by atoms with Crippen molar-refractivity contribution in [3.63, 3.8) is 0 Å². The molecule has 1 aliphatic rings. The summed E-state index contributed by atoms with van der Waals surface area (Å²) in [6.45, 7) is 0.552. The third kappa shape index (κ3) is 3.07. The molecule has 2 rings (SSSR count). The molecule has 7 heteroatoms. The van der Waals surface area contributed by atoms with Gasteiger partial charge < -0.3 is 20.1 Å². The van der Waals surface area contributed by atoms with E-state index < -0.39 is 18.1 Å². The summed E-state index contributed by atoms with van der Waals surface area (Å²) in [7, 11) is 0. The molecule has 0 aliphatic carbocycles. The van der Waals surface area contributed by atoms with Gasteiger partial charge in [-0.25, -0.2) is 9.78 Å². The van der Waals surface area contributed by atoms with Gasteiger partial charge in [0.05, 0.1) is 6.33 Å². The van der Waals surface area contributed by atoms with E-state index in [-0.39, 0.29) is 12.3 Å². The van der Waals surface area contributed by atoms with E-state index in [4.69, 9.17) is 9.84 Å². The Bertz CT molecular complexity index is 412. The molecule has 1 aromatic rings. The van der Waals surface area contributed by atoms with Crippen molar-refractivity contribution in [1.29, 1.82) is 0 Å². The number of hydrogen-bond acceptors (Lipinski definition) is 4. The third-order valence-corrected chi connectivity index (χ3v) is 2.82. The van der Waals surface area contributed by atoms with E-state index in [9.17, 15) is 9.59 Å². The molecule has 2 atom stereocenters. The van der Waals surface area contributed by atoms with E-state index >= 15 is 0 Å². The van der Waals surface area contributed by atoms with Crippen molar-refractivity contribution in [2.75, 3.05) is 6.61 Å². The molecule has 2 heterocycles. The van der Waals surface area contributed by atoms with Crippen LogP contribution in [0, 0.1) is 0 Å². The topological polar surface area (TPSA) is 104 Å². The Morgan fingerprint density at radius 3 is 3.06 bits per heavy atom. The Labute approximate surface area is 104 Å². The molecular weight excluding hydrogens is 238 g/mol. The van der Waals surface area contributed by atoms with Crippen molar-refractivity contribution < 1.29 is 19.4 Å². The molecule has 98 valence electrons. The molecule has 0 radical (unpaired) electrons. The van der Waals surface area contributed by atoms with Crippen molar-refractivity contribution in [1.82, 2.24) is 15.3 Å². The molecule has 0 bridgehead atoms. The van der Waals surface area contributed by atoms with Crippen LogP contribution >= 0.6 is 0 Å². The molecule has 1 amide bonds. The Balaban J connectivity index is 1.93. The zero-order chi connectivity index (χ0) is 13.0. The quantitative estimate of drug-likeness (QED) is 0.668. The third-order valence-electron chi connectivity index (χ3n) is 2.82. The molecule has 0 saturated carbocycles. The summed E-state index contributed by atoms with van der Waals surface area (Å²) in [6.07, 6.45) is 4.13. The van der Waals surface area contributed by atoms with Crippen molar-refractivity contribution in [3.8, 4) is 0 Å². The summed E-state index contributed by atoms with van der Waals surface area (Å²) >= 11 is 0. The molecule has 0 aromatic carbocycles.